The molecular weight excluding hydrogens is 340 g/mol. The first-order valence-electron chi connectivity index (χ1n) is 9.08. The molecule has 0 spiro atoms. The normalized spacial score (nSPS) is 22.8. The number of halogens is 1. The Hall–Kier alpha value is -1.30. The lowest BCUT2D eigenvalue weighted by molar-refractivity contribution is -0.139. The van der Waals surface area contributed by atoms with E-state index >= 15 is 0 Å². The van der Waals surface area contributed by atoms with Crippen molar-refractivity contribution in [3.05, 3.63) is 28.8 Å². The number of amides is 1. The van der Waals surface area contributed by atoms with Gasteiger partial charge in [-0.1, -0.05) is 11.6 Å². The number of ether oxygens (including phenoxy) is 2. The number of piperazine rings is 1. The molecule has 2 heterocycles. The maximum Gasteiger partial charge on any atom is 0.263 e. The smallest absolute Gasteiger partial charge is 0.263 e. The van der Waals surface area contributed by atoms with Crippen LogP contribution in [0.3, 0.4) is 0 Å². The lowest BCUT2D eigenvalue weighted by Gasteiger charge is -2.36. The van der Waals surface area contributed by atoms with Crippen molar-refractivity contribution in [2.24, 2.45) is 0 Å². The molecule has 0 bridgehead atoms. The first kappa shape index (κ1) is 18.5. The van der Waals surface area contributed by atoms with Gasteiger partial charge in [0.1, 0.15) is 5.75 Å². The monoisotopic (exact) mass is 366 g/mol. The van der Waals surface area contributed by atoms with E-state index in [9.17, 15) is 4.79 Å². The lowest BCUT2D eigenvalue weighted by Crippen LogP contribution is -2.53. The lowest BCUT2D eigenvalue weighted by atomic mass is 10.2. The zero-order valence-corrected chi connectivity index (χ0v) is 15.8. The molecule has 0 N–H and O–H groups in total. The largest absolute Gasteiger partial charge is 0.481 e. The van der Waals surface area contributed by atoms with Crippen molar-refractivity contribution in [1.29, 1.82) is 0 Å². The first-order valence-corrected chi connectivity index (χ1v) is 9.46. The molecule has 25 heavy (non-hydrogen) atoms. The van der Waals surface area contributed by atoms with Gasteiger partial charge in [-0.2, -0.15) is 0 Å². The van der Waals surface area contributed by atoms with E-state index in [0.29, 0.717) is 16.9 Å². The predicted molar refractivity (Wildman–Crippen MR) is 98.3 cm³/mol. The summed E-state index contributed by atoms with van der Waals surface area (Å²) in [6.45, 7) is 8.92. The summed E-state index contributed by atoms with van der Waals surface area (Å²) >= 11 is 5.97. The van der Waals surface area contributed by atoms with E-state index in [1.54, 1.807) is 6.07 Å². The van der Waals surface area contributed by atoms with E-state index in [2.05, 4.69) is 4.90 Å². The number of hydrogen-bond acceptors (Lipinski definition) is 4. The van der Waals surface area contributed by atoms with E-state index in [4.69, 9.17) is 21.1 Å². The Morgan fingerprint density at radius 2 is 2.12 bits per heavy atom. The SMILES string of the molecule is Cc1cc(Cl)ccc1OC(C)C(=O)N1CCN(CC2CCCO2)CC1. The number of benzene rings is 1. The highest BCUT2D eigenvalue weighted by Gasteiger charge is 2.28. The molecule has 3 rings (SSSR count). The van der Waals surface area contributed by atoms with Gasteiger partial charge >= 0.3 is 0 Å². The minimum Gasteiger partial charge on any atom is -0.481 e. The van der Waals surface area contributed by atoms with E-state index in [0.717, 1.165) is 51.3 Å². The van der Waals surface area contributed by atoms with E-state index < -0.39 is 6.10 Å². The maximum absolute atomic E-state index is 12.7. The van der Waals surface area contributed by atoms with Crippen LogP contribution in [0.15, 0.2) is 18.2 Å². The van der Waals surface area contributed by atoms with E-state index in [1.165, 1.54) is 6.42 Å². The summed E-state index contributed by atoms with van der Waals surface area (Å²) in [5.74, 6) is 0.758. The van der Waals surface area contributed by atoms with Crippen LogP contribution in [0.4, 0.5) is 0 Å². The van der Waals surface area contributed by atoms with Crippen LogP contribution in [-0.2, 0) is 9.53 Å². The van der Waals surface area contributed by atoms with Gasteiger partial charge in [0.25, 0.3) is 5.91 Å². The van der Waals surface area contributed by atoms with Crippen molar-refractivity contribution >= 4 is 17.5 Å². The van der Waals surface area contributed by atoms with Crippen molar-refractivity contribution in [3.63, 3.8) is 0 Å². The summed E-state index contributed by atoms with van der Waals surface area (Å²) in [7, 11) is 0. The van der Waals surface area contributed by atoms with Gasteiger partial charge in [0.15, 0.2) is 6.10 Å². The highest BCUT2D eigenvalue weighted by Crippen LogP contribution is 2.23. The van der Waals surface area contributed by atoms with Crippen molar-refractivity contribution in [2.45, 2.75) is 38.9 Å². The zero-order chi connectivity index (χ0) is 17.8. The first-order chi connectivity index (χ1) is 12.0. The topological polar surface area (TPSA) is 42.0 Å². The Balaban J connectivity index is 1.48. The number of carbonyl (C=O) groups excluding carboxylic acids is 1. The van der Waals surface area contributed by atoms with Gasteiger partial charge in [-0.25, -0.2) is 0 Å². The van der Waals surface area contributed by atoms with Gasteiger partial charge in [-0.15, -0.1) is 0 Å². The van der Waals surface area contributed by atoms with Gasteiger partial charge in [-0.3, -0.25) is 9.69 Å². The zero-order valence-electron chi connectivity index (χ0n) is 15.0. The fourth-order valence-corrected chi connectivity index (χ4v) is 3.70. The van der Waals surface area contributed by atoms with Crippen LogP contribution in [0.1, 0.15) is 25.3 Å². The van der Waals surface area contributed by atoms with Crippen LogP contribution in [0.5, 0.6) is 5.75 Å². The van der Waals surface area contributed by atoms with Crippen LogP contribution in [0, 0.1) is 6.92 Å². The standard InChI is InChI=1S/C19H27ClN2O3/c1-14-12-16(20)5-6-18(14)25-15(2)19(23)22-9-7-21(8-10-22)13-17-4-3-11-24-17/h5-6,12,15,17H,3-4,7-11,13H2,1-2H3. The van der Waals surface area contributed by atoms with Gasteiger partial charge in [-0.05, 0) is 50.5 Å². The Kier molecular flexibility index (Phi) is 6.20. The quantitative estimate of drug-likeness (QED) is 0.803. The molecule has 2 atom stereocenters. The van der Waals surface area contributed by atoms with Crippen LogP contribution in [-0.4, -0.2) is 67.2 Å². The van der Waals surface area contributed by atoms with Crippen molar-refractivity contribution < 1.29 is 14.3 Å². The van der Waals surface area contributed by atoms with E-state index in [-0.39, 0.29) is 5.91 Å². The number of nitrogens with zero attached hydrogens (tertiary/aromatic N) is 2. The van der Waals surface area contributed by atoms with Gasteiger partial charge in [0, 0.05) is 44.4 Å². The Labute approximate surface area is 154 Å². The second kappa shape index (κ2) is 8.39. The minimum atomic E-state index is -0.496. The predicted octanol–water partition coefficient (Wildman–Crippen LogP) is 2.74. The highest BCUT2D eigenvalue weighted by molar-refractivity contribution is 6.30. The van der Waals surface area contributed by atoms with E-state index in [1.807, 2.05) is 30.9 Å². The molecule has 0 aliphatic carbocycles. The highest BCUT2D eigenvalue weighted by atomic mass is 35.5. The fourth-order valence-electron chi connectivity index (χ4n) is 3.47. The molecule has 2 aliphatic rings. The minimum absolute atomic E-state index is 0.0473. The summed E-state index contributed by atoms with van der Waals surface area (Å²) in [6, 6.07) is 5.45. The number of hydrogen-bond donors (Lipinski definition) is 0. The average Bonchev–Trinajstić information content (AvgIpc) is 3.10. The molecule has 2 saturated heterocycles. The van der Waals surface area contributed by atoms with Crippen molar-refractivity contribution in [1.82, 2.24) is 9.80 Å². The summed E-state index contributed by atoms with van der Waals surface area (Å²) in [5, 5.41) is 0.672. The molecule has 2 aliphatic heterocycles. The Morgan fingerprint density at radius 1 is 1.36 bits per heavy atom. The van der Waals surface area contributed by atoms with Crippen LogP contribution >= 0.6 is 11.6 Å². The van der Waals surface area contributed by atoms with Crippen molar-refractivity contribution in [2.75, 3.05) is 39.3 Å². The summed E-state index contributed by atoms with van der Waals surface area (Å²) in [4.78, 5) is 17.0. The summed E-state index contributed by atoms with van der Waals surface area (Å²) < 4.78 is 11.6. The van der Waals surface area contributed by atoms with Crippen LogP contribution in [0.2, 0.25) is 5.02 Å². The maximum atomic E-state index is 12.7. The molecule has 1 aromatic carbocycles. The molecule has 138 valence electrons. The molecule has 1 amide bonds. The molecule has 0 aromatic heterocycles. The third-order valence-electron chi connectivity index (χ3n) is 4.96. The molecule has 2 unspecified atom stereocenters. The Morgan fingerprint density at radius 3 is 2.76 bits per heavy atom. The van der Waals surface area contributed by atoms with Crippen molar-refractivity contribution in [3.8, 4) is 5.75 Å². The van der Waals surface area contributed by atoms with Gasteiger partial charge < -0.3 is 14.4 Å². The molecule has 6 heteroatoms. The number of carbonyl (C=O) groups is 1. The molecule has 5 nitrogen and oxygen atoms in total. The summed E-state index contributed by atoms with van der Waals surface area (Å²) in [5.41, 5.74) is 0.938. The van der Waals surface area contributed by atoms with Gasteiger partial charge in [0.2, 0.25) is 0 Å². The van der Waals surface area contributed by atoms with Gasteiger partial charge in [0.05, 0.1) is 6.10 Å². The third kappa shape index (κ3) is 4.87. The second-order valence-corrected chi connectivity index (χ2v) is 7.37. The molecule has 0 radical (unpaired) electrons. The molecule has 2 fully saturated rings. The molecule has 1 aromatic rings. The van der Waals surface area contributed by atoms with Crippen LogP contribution in [0.25, 0.3) is 0 Å². The third-order valence-corrected chi connectivity index (χ3v) is 5.19. The average molecular weight is 367 g/mol. The fraction of sp³-hybridized carbons (Fsp3) is 0.632. The number of aryl methyl sites for hydroxylation is 1. The Bertz CT molecular complexity index is 596. The summed E-state index contributed by atoms with van der Waals surface area (Å²) in [6.07, 6.45) is 2.20. The second-order valence-electron chi connectivity index (χ2n) is 6.93. The molecular formula is C19H27ClN2O3. The molecule has 0 saturated carbocycles. The van der Waals surface area contributed by atoms with Crippen LogP contribution < -0.4 is 4.74 Å². The number of rotatable bonds is 5.